The molecular weight excluding hydrogens is 576 g/mol. The Balaban J connectivity index is 1.64. The van der Waals surface area contributed by atoms with Gasteiger partial charge in [-0.1, -0.05) is 52.9 Å². The molecular formula is C34H50N4O7. The van der Waals surface area contributed by atoms with Crippen molar-refractivity contribution in [1.82, 2.24) is 20.2 Å². The van der Waals surface area contributed by atoms with E-state index in [1.54, 1.807) is 20.1 Å². The van der Waals surface area contributed by atoms with Crippen LogP contribution in [0.3, 0.4) is 0 Å². The Hall–Kier alpha value is -3.63. The number of fused-ring (bicyclic) bond motifs is 1. The minimum Gasteiger partial charge on any atom is -0.497 e. The Morgan fingerprint density at radius 2 is 1.82 bits per heavy atom. The van der Waals surface area contributed by atoms with E-state index in [9.17, 15) is 19.5 Å². The first-order valence-corrected chi connectivity index (χ1v) is 16.7. The van der Waals surface area contributed by atoms with Gasteiger partial charge in [-0.15, -0.1) is 0 Å². The number of carboxylic acids is 1. The van der Waals surface area contributed by atoms with Crippen molar-refractivity contribution in [2.24, 2.45) is 11.8 Å². The number of likely N-dealkylation sites (tertiary alicyclic amines) is 1. The molecule has 248 valence electrons. The number of benzene rings is 1. The first-order chi connectivity index (χ1) is 21.7. The molecule has 11 heteroatoms. The van der Waals surface area contributed by atoms with Crippen LogP contribution in [0.4, 0.5) is 4.79 Å². The summed E-state index contributed by atoms with van der Waals surface area (Å²) >= 11 is 0. The zero-order valence-corrected chi connectivity index (χ0v) is 27.4. The van der Waals surface area contributed by atoms with E-state index in [0.29, 0.717) is 42.1 Å². The molecule has 0 spiro atoms. The topological polar surface area (TPSA) is 140 Å². The molecule has 4 rings (SSSR count). The number of carbonyl (C=O) groups excluding carboxylic acids is 2. The van der Waals surface area contributed by atoms with Gasteiger partial charge in [-0.05, 0) is 63.5 Å². The lowest BCUT2D eigenvalue weighted by Crippen LogP contribution is -2.55. The van der Waals surface area contributed by atoms with Gasteiger partial charge in [0.15, 0.2) is 0 Å². The lowest BCUT2D eigenvalue weighted by atomic mass is 9.94. The summed E-state index contributed by atoms with van der Waals surface area (Å²) in [4.78, 5) is 50.9. The van der Waals surface area contributed by atoms with Gasteiger partial charge in [0.05, 0.1) is 24.7 Å². The number of aryl methyl sites for hydroxylation is 1. The van der Waals surface area contributed by atoms with E-state index in [2.05, 4.69) is 12.2 Å². The van der Waals surface area contributed by atoms with Crippen molar-refractivity contribution in [3.8, 4) is 11.6 Å². The van der Waals surface area contributed by atoms with E-state index in [-0.39, 0.29) is 18.6 Å². The van der Waals surface area contributed by atoms with E-state index in [1.807, 2.05) is 26.0 Å². The molecule has 2 aliphatic rings. The number of rotatable bonds is 15. The number of hydrogen-bond acceptors (Lipinski definition) is 8. The highest BCUT2D eigenvalue weighted by Crippen LogP contribution is 2.36. The van der Waals surface area contributed by atoms with Gasteiger partial charge >= 0.3 is 12.1 Å². The molecule has 1 saturated carbocycles. The fourth-order valence-electron chi connectivity index (χ4n) is 6.61. The van der Waals surface area contributed by atoms with Crippen molar-refractivity contribution in [2.45, 2.75) is 123 Å². The summed E-state index contributed by atoms with van der Waals surface area (Å²) in [5.41, 5.74) is 2.05. The molecule has 2 heterocycles. The zero-order valence-electron chi connectivity index (χ0n) is 27.4. The summed E-state index contributed by atoms with van der Waals surface area (Å²) in [7, 11) is 1.59. The van der Waals surface area contributed by atoms with E-state index in [4.69, 9.17) is 24.2 Å². The molecule has 2 aromatic rings. The van der Waals surface area contributed by atoms with E-state index in [1.165, 1.54) is 4.90 Å². The van der Waals surface area contributed by atoms with Crippen LogP contribution in [0.5, 0.6) is 11.6 Å². The Kier molecular flexibility index (Phi) is 12.2. The third-order valence-corrected chi connectivity index (χ3v) is 9.33. The number of carboxylic acid groups (broad SMARTS) is 1. The Labute approximate surface area is 266 Å². The molecule has 0 bridgehead atoms. The number of ether oxygens (including phenoxy) is 3. The number of amides is 2. The zero-order chi connectivity index (χ0) is 32.5. The number of hydrogen-bond donors (Lipinski definition) is 2. The standard InChI is InChI=1S/C34H50N4O7/c1-6-9-10-11-16-26-31(36-27-19-23(43-5)17-18-25(27)35-26)45-28-20-38(30(33(40)41)24(28)8-3)32(39)29(22-14-12-13-15-22)37-34(42)44-21(4)7-2/h17-19,21-22,24,28-30H,6-16,20H2,1-5H3,(H,37,42)(H,40,41)/t21-,24-,28+,29+,30+/m1/s1. The lowest BCUT2D eigenvalue weighted by molar-refractivity contribution is -0.151. The number of carbonyl (C=O) groups is 3. The van der Waals surface area contributed by atoms with Gasteiger partial charge in [-0.2, -0.15) is 0 Å². The summed E-state index contributed by atoms with van der Waals surface area (Å²) in [6, 6.07) is 3.54. The maximum atomic E-state index is 14.2. The fraction of sp³-hybridized carbons (Fsp3) is 0.676. The summed E-state index contributed by atoms with van der Waals surface area (Å²) in [5.74, 6) is -1.08. The van der Waals surface area contributed by atoms with Crippen LogP contribution < -0.4 is 14.8 Å². The average molecular weight is 627 g/mol. The smallest absolute Gasteiger partial charge is 0.408 e. The molecule has 11 nitrogen and oxygen atoms in total. The van der Waals surface area contributed by atoms with Crippen molar-refractivity contribution in [3.05, 3.63) is 23.9 Å². The van der Waals surface area contributed by atoms with E-state index >= 15 is 0 Å². The highest BCUT2D eigenvalue weighted by Gasteiger charge is 2.51. The largest absolute Gasteiger partial charge is 0.497 e. The van der Waals surface area contributed by atoms with Crippen molar-refractivity contribution < 1.29 is 33.7 Å². The van der Waals surface area contributed by atoms with Crippen molar-refractivity contribution in [3.63, 3.8) is 0 Å². The van der Waals surface area contributed by atoms with Gasteiger partial charge < -0.3 is 29.5 Å². The predicted molar refractivity (Wildman–Crippen MR) is 170 cm³/mol. The van der Waals surface area contributed by atoms with Crippen LogP contribution in [0.1, 0.15) is 97.6 Å². The maximum absolute atomic E-state index is 14.2. The summed E-state index contributed by atoms with van der Waals surface area (Å²) < 4.78 is 17.4. The Bertz CT molecular complexity index is 1310. The number of nitrogens with one attached hydrogen (secondary N) is 1. The van der Waals surface area contributed by atoms with Crippen LogP contribution in [-0.2, 0) is 20.7 Å². The molecule has 2 fully saturated rings. The Morgan fingerprint density at radius 3 is 2.47 bits per heavy atom. The predicted octanol–water partition coefficient (Wildman–Crippen LogP) is 5.91. The van der Waals surface area contributed by atoms with Crippen molar-refractivity contribution >= 4 is 29.0 Å². The van der Waals surface area contributed by atoms with Gasteiger partial charge in [-0.25, -0.2) is 19.6 Å². The highest BCUT2D eigenvalue weighted by molar-refractivity contribution is 5.90. The number of alkyl carbamates (subject to hydrolysis) is 1. The normalized spacial score (nSPS) is 21.4. The second-order valence-corrected chi connectivity index (χ2v) is 12.4. The number of methoxy groups -OCH3 is 1. The van der Waals surface area contributed by atoms with Crippen LogP contribution in [0.15, 0.2) is 18.2 Å². The van der Waals surface area contributed by atoms with Crippen molar-refractivity contribution in [2.75, 3.05) is 13.7 Å². The van der Waals surface area contributed by atoms with Gasteiger partial charge in [0, 0.05) is 12.0 Å². The summed E-state index contributed by atoms with van der Waals surface area (Å²) in [6.45, 7) is 7.84. The molecule has 45 heavy (non-hydrogen) atoms. The highest BCUT2D eigenvalue weighted by atomic mass is 16.6. The minimum atomic E-state index is -1.11. The number of unbranched alkanes of at least 4 members (excludes halogenated alkanes) is 3. The van der Waals surface area contributed by atoms with Crippen LogP contribution in [0.2, 0.25) is 0 Å². The molecule has 1 saturated heterocycles. The van der Waals surface area contributed by atoms with Crippen LogP contribution in [-0.4, -0.2) is 75.9 Å². The first kappa shape index (κ1) is 34.2. The molecule has 1 aliphatic carbocycles. The van der Waals surface area contributed by atoms with Crippen LogP contribution in [0, 0.1) is 11.8 Å². The molecule has 1 aliphatic heterocycles. The molecule has 1 aromatic heterocycles. The van der Waals surface area contributed by atoms with Crippen LogP contribution in [0.25, 0.3) is 11.0 Å². The third-order valence-electron chi connectivity index (χ3n) is 9.33. The quantitative estimate of drug-likeness (QED) is 0.231. The van der Waals surface area contributed by atoms with Gasteiger partial charge in [0.2, 0.25) is 11.8 Å². The van der Waals surface area contributed by atoms with E-state index in [0.717, 1.165) is 56.9 Å². The van der Waals surface area contributed by atoms with Crippen LogP contribution >= 0.6 is 0 Å². The second-order valence-electron chi connectivity index (χ2n) is 12.4. The average Bonchev–Trinajstić information content (AvgIpc) is 3.70. The second kappa shape index (κ2) is 16.1. The number of aliphatic carboxylic acids is 1. The molecule has 0 radical (unpaired) electrons. The molecule has 2 N–H and O–H groups in total. The van der Waals surface area contributed by atoms with E-state index < -0.39 is 42.1 Å². The molecule has 1 aromatic carbocycles. The van der Waals surface area contributed by atoms with Gasteiger partial charge in [0.25, 0.3) is 0 Å². The molecule has 5 atom stereocenters. The summed E-state index contributed by atoms with van der Waals surface area (Å²) in [6.07, 6.45) is 7.88. The van der Waals surface area contributed by atoms with Gasteiger partial charge in [-0.3, -0.25) is 4.79 Å². The third kappa shape index (κ3) is 8.35. The molecule has 0 unspecified atom stereocenters. The SMILES string of the molecule is CCCCCCc1nc2ccc(OC)cc2nc1O[C@H]1CN(C(=O)[C@@H](NC(=O)O[C@H](C)CC)C2CCCC2)[C@H](C(=O)O)[C@@H]1CC. The molecule has 2 amide bonds. The summed E-state index contributed by atoms with van der Waals surface area (Å²) in [5, 5.41) is 13.2. The van der Waals surface area contributed by atoms with Gasteiger partial charge in [0.1, 0.15) is 35.7 Å². The first-order valence-electron chi connectivity index (χ1n) is 16.7. The monoisotopic (exact) mass is 626 g/mol. The Morgan fingerprint density at radius 1 is 1.07 bits per heavy atom. The lowest BCUT2D eigenvalue weighted by Gasteiger charge is -2.31. The fourth-order valence-corrected chi connectivity index (χ4v) is 6.61. The number of nitrogens with zero attached hydrogens (tertiary/aromatic N) is 3. The van der Waals surface area contributed by atoms with Crippen molar-refractivity contribution in [1.29, 1.82) is 0 Å². The minimum absolute atomic E-state index is 0.0622. The maximum Gasteiger partial charge on any atom is 0.408 e. The number of aromatic nitrogens is 2.